The maximum atomic E-state index is 13.4. The van der Waals surface area contributed by atoms with Gasteiger partial charge >= 0.3 is 0 Å². The van der Waals surface area contributed by atoms with Gasteiger partial charge in [-0.1, -0.05) is 6.07 Å². The second-order valence-electron chi connectivity index (χ2n) is 3.20. The van der Waals surface area contributed by atoms with Crippen molar-refractivity contribution in [1.29, 1.82) is 0 Å². The quantitative estimate of drug-likeness (QED) is 0.753. The Bertz CT molecular complexity index is 551. The number of nitrogens with zero attached hydrogens (tertiary/aromatic N) is 1. The smallest absolute Gasteiger partial charge is 0.188 e. The summed E-state index contributed by atoms with van der Waals surface area (Å²) in [5.41, 5.74) is 0.357. The van der Waals surface area contributed by atoms with E-state index in [2.05, 4.69) is 4.98 Å². The van der Waals surface area contributed by atoms with Crippen molar-refractivity contribution in [2.24, 2.45) is 0 Å². The van der Waals surface area contributed by atoms with Gasteiger partial charge in [-0.05, 0) is 12.1 Å². The van der Waals surface area contributed by atoms with Crippen molar-refractivity contribution in [2.75, 3.05) is 0 Å². The van der Waals surface area contributed by atoms with Gasteiger partial charge in [-0.3, -0.25) is 4.79 Å². The number of hydrogen-bond acceptors (Lipinski definition) is 3. The van der Waals surface area contributed by atoms with Crippen LogP contribution < -0.4 is 0 Å². The molecule has 82 valence electrons. The summed E-state index contributed by atoms with van der Waals surface area (Å²) in [7, 11) is 0. The number of carbonyl (C=O) groups is 1. The average Bonchev–Trinajstić information content (AvgIpc) is 2.71. The summed E-state index contributed by atoms with van der Waals surface area (Å²) in [6, 6.07) is 3.87. The van der Waals surface area contributed by atoms with Gasteiger partial charge in [-0.25, -0.2) is 13.8 Å². The van der Waals surface area contributed by atoms with Crippen LogP contribution in [0, 0.1) is 11.6 Å². The third-order valence-corrected chi connectivity index (χ3v) is 2.98. The molecule has 1 aromatic heterocycles. The first-order valence-corrected chi connectivity index (χ1v) is 5.38. The summed E-state index contributed by atoms with van der Waals surface area (Å²) in [6.45, 7) is 1.38. The van der Waals surface area contributed by atoms with Crippen LogP contribution in [0.25, 0.3) is 11.3 Å². The number of hydrogen-bond donors (Lipinski definition) is 0. The molecule has 0 unspecified atom stereocenters. The number of Topliss-reactive ketones (excluding diaryl/α,β-unsaturated/α-hetero) is 1. The molecule has 0 bridgehead atoms. The number of ketones is 1. The standard InChI is InChI=1S/C11H7F2NOS/c1-6(15)11-14-9(5-16-11)7-3-2-4-8(12)10(7)13/h2-5H,1H3. The molecule has 0 saturated carbocycles. The molecular weight excluding hydrogens is 232 g/mol. The number of carbonyl (C=O) groups excluding carboxylic acids is 1. The minimum absolute atomic E-state index is 0.0729. The molecule has 0 fully saturated rings. The van der Waals surface area contributed by atoms with Gasteiger partial charge in [0.15, 0.2) is 22.4 Å². The Kier molecular flexibility index (Phi) is 2.78. The van der Waals surface area contributed by atoms with Gasteiger partial charge in [0, 0.05) is 17.9 Å². The maximum absolute atomic E-state index is 13.4. The van der Waals surface area contributed by atoms with Gasteiger partial charge in [0.1, 0.15) is 0 Å². The molecule has 0 spiro atoms. The van der Waals surface area contributed by atoms with Crippen molar-refractivity contribution in [3.63, 3.8) is 0 Å². The number of aromatic nitrogens is 1. The SMILES string of the molecule is CC(=O)c1nc(-c2cccc(F)c2F)cs1. The van der Waals surface area contributed by atoms with Gasteiger partial charge in [0.25, 0.3) is 0 Å². The van der Waals surface area contributed by atoms with Gasteiger partial charge in [0.05, 0.1) is 5.69 Å². The lowest BCUT2D eigenvalue weighted by Crippen LogP contribution is -1.92. The minimum Gasteiger partial charge on any atom is -0.292 e. The third-order valence-electron chi connectivity index (χ3n) is 2.03. The maximum Gasteiger partial charge on any atom is 0.188 e. The van der Waals surface area contributed by atoms with Gasteiger partial charge < -0.3 is 0 Å². The van der Waals surface area contributed by atoms with Crippen molar-refractivity contribution >= 4 is 17.1 Å². The molecule has 5 heteroatoms. The average molecular weight is 239 g/mol. The summed E-state index contributed by atoms with van der Waals surface area (Å²) in [5, 5.41) is 1.83. The molecule has 1 aromatic carbocycles. The van der Waals surface area contributed by atoms with Crippen molar-refractivity contribution in [3.05, 3.63) is 40.2 Å². The highest BCUT2D eigenvalue weighted by atomic mass is 32.1. The summed E-state index contributed by atoms with van der Waals surface area (Å²) in [4.78, 5) is 15.0. The summed E-state index contributed by atoms with van der Waals surface area (Å²) in [6.07, 6.45) is 0. The molecule has 2 aromatic rings. The van der Waals surface area contributed by atoms with E-state index in [1.165, 1.54) is 24.4 Å². The Morgan fingerprint density at radius 3 is 2.75 bits per heavy atom. The molecule has 0 aliphatic carbocycles. The highest BCUT2D eigenvalue weighted by molar-refractivity contribution is 7.12. The molecule has 0 radical (unpaired) electrons. The molecule has 0 aliphatic heterocycles. The van der Waals surface area contributed by atoms with E-state index in [1.54, 1.807) is 0 Å². The highest BCUT2D eigenvalue weighted by Crippen LogP contribution is 2.25. The predicted molar refractivity (Wildman–Crippen MR) is 57.5 cm³/mol. The lowest BCUT2D eigenvalue weighted by atomic mass is 10.1. The predicted octanol–water partition coefficient (Wildman–Crippen LogP) is 3.29. The zero-order chi connectivity index (χ0) is 11.7. The number of benzene rings is 1. The number of thiazole rings is 1. The van der Waals surface area contributed by atoms with E-state index in [4.69, 9.17) is 0 Å². The summed E-state index contributed by atoms with van der Waals surface area (Å²) >= 11 is 1.12. The monoisotopic (exact) mass is 239 g/mol. The van der Waals surface area contributed by atoms with Crippen LogP contribution in [0.3, 0.4) is 0 Å². The first-order valence-electron chi connectivity index (χ1n) is 4.50. The van der Waals surface area contributed by atoms with Gasteiger partial charge in [-0.15, -0.1) is 11.3 Å². The van der Waals surface area contributed by atoms with E-state index < -0.39 is 11.6 Å². The Morgan fingerprint density at radius 2 is 2.12 bits per heavy atom. The molecule has 2 nitrogen and oxygen atoms in total. The summed E-state index contributed by atoms with van der Waals surface area (Å²) in [5.74, 6) is -2.05. The van der Waals surface area contributed by atoms with E-state index in [0.29, 0.717) is 5.01 Å². The van der Waals surface area contributed by atoms with Gasteiger partial charge in [-0.2, -0.15) is 0 Å². The Labute approximate surface area is 94.6 Å². The van der Waals surface area contributed by atoms with Crippen molar-refractivity contribution in [1.82, 2.24) is 4.98 Å². The van der Waals surface area contributed by atoms with Crippen LogP contribution in [0.2, 0.25) is 0 Å². The molecule has 0 atom stereocenters. The van der Waals surface area contributed by atoms with Crippen LogP contribution in [0.15, 0.2) is 23.6 Å². The molecular formula is C11H7F2NOS. The van der Waals surface area contributed by atoms with Gasteiger partial charge in [0.2, 0.25) is 0 Å². The number of rotatable bonds is 2. The van der Waals surface area contributed by atoms with Crippen molar-refractivity contribution in [3.8, 4) is 11.3 Å². The normalized spacial score (nSPS) is 10.4. The van der Waals surface area contributed by atoms with E-state index in [1.807, 2.05) is 0 Å². The fraction of sp³-hybridized carbons (Fsp3) is 0.0909. The minimum atomic E-state index is -0.942. The zero-order valence-corrected chi connectivity index (χ0v) is 9.15. The first-order chi connectivity index (χ1) is 7.59. The first kappa shape index (κ1) is 10.9. The Morgan fingerprint density at radius 1 is 1.38 bits per heavy atom. The van der Waals surface area contributed by atoms with Crippen LogP contribution in [-0.2, 0) is 0 Å². The highest BCUT2D eigenvalue weighted by Gasteiger charge is 2.13. The van der Waals surface area contributed by atoms with Crippen LogP contribution in [0.5, 0.6) is 0 Å². The molecule has 16 heavy (non-hydrogen) atoms. The Hall–Kier alpha value is -1.62. The topological polar surface area (TPSA) is 30.0 Å². The fourth-order valence-electron chi connectivity index (χ4n) is 1.26. The third kappa shape index (κ3) is 1.86. The molecule has 0 saturated heterocycles. The molecule has 0 amide bonds. The van der Waals surface area contributed by atoms with Crippen LogP contribution in [-0.4, -0.2) is 10.8 Å². The zero-order valence-electron chi connectivity index (χ0n) is 8.33. The lowest BCUT2D eigenvalue weighted by Gasteiger charge is -1.99. The Balaban J connectivity index is 2.50. The van der Waals surface area contributed by atoms with Crippen LogP contribution in [0.1, 0.15) is 16.7 Å². The second kappa shape index (κ2) is 4.09. The number of halogens is 2. The van der Waals surface area contributed by atoms with E-state index in [-0.39, 0.29) is 17.0 Å². The second-order valence-corrected chi connectivity index (χ2v) is 4.05. The summed E-state index contributed by atoms with van der Waals surface area (Å²) < 4.78 is 26.4. The van der Waals surface area contributed by atoms with Crippen LogP contribution >= 0.6 is 11.3 Å². The van der Waals surface area contributed by atoms with Crippen molar-refractivity contribution < 1.29 is 13.6 Å². The molecule has 1 heterocycles. The lowest BCUT2D eigenvalue weighted by molar-refractivity contribution is 0.101. The van der Waals surface area contributed by atoms with Crippen LogP contribution in [0.4, 0.5) is 8.78 Å². The van der Waals surface area contributed by atoms with E-state index in [0.717, 1.165) is 17.4 Å². The van der Waals surface area contributed by atoms with E-state index >= 15 is 0 Å². The molecule has 2 rings (SSSR count). The molecule has 0 N–H and O–H groups in total. The molecule has 0 aliphatic rings. The largest absolute Gasteiger partial charge is 0.292 e. The van der Waals surface area contributed by atoms with E-state index in [9.17, 15) is 13.6 Å². The van der Waals surface area contributed by atoms with Crippen molar-refractivity contribution in [2.45, 2.75) is 6.92 Å². The fourth-order valence-corrected chi connectivity index (χ4v) is 1.98.